The Morgan fingerprint density at radius 2 is 2.17 bits per heavy atom. The van der Waals surface area contributed by atoms with Crippen LogP contribution in [0.15, 0.2) is 16.6 Å². The van der Waals surface area contributed by atoms with Crippen LogP contribution in [0.25, 0.3) is 0 Å². The van der Waals surface area contributed by atoms with Gasteiger partial charge in [-0.25, -0.2) is 0 Å². The lowest BCUT2D eigenvalue weighted by Crippen LogP contribution is -1.93. The lowest BCUT2D eigenvalue weighted by molar-refractivity contribution is -0.387. The summed E-state index contributed by atoms with van der Waals surface area (Å²) < 4.78 is 13.9. The van der Waals surface area contributed by atoms with Gasteiger partial charge in [-0.05, 0) is 44.6 Å². The Kier molecular flexibility index (Phi) is 2.99. The van der Waals surface area contributed by atoms with E-state index in [0.717, 1.165) is 12.1 Å². The third-order valence-corrected chi connectivity index (χ3v) is 3.48. The molecule has 0 aromatic heterocycles. The summed E-state index contributed by atoms with van der Waals surface area (Å²) in [4.78, 5) is 9.47. The zero-order chi connectivity index (χ0) is 9.30. The lowest BCUT2D eigenvalue weighted by atomic mass is 10.3. The van der Waals surface area contributed by atoms with Crippen LogP contribution in [-0.2, 0) is 0 Å². The Labute approximate surface area is 89.4 Å². The second kappa shape index (κ2) is 3.65. The molecule has 0 N–H and O–H groups in total. The van der Waals surface area contributed by atoms with Crippen molar-refractivity contribution in [3.05, 3.63) is 36.1 Å². The predicted octanol–water partition coefficient (Wildman–Crippen LogP) is 3.10. The molecule has 0 fully saturated rings. The first-order chi connectivity index (χ1) is 5.52. The standard InChI is InChI=1S/C6H2BrFINO2/c7-3-1-6(10(11)12)4(8)2-5(3)9/h1-2H. The molecule has 6 heteroatoms. The highest BCUT2D eigenvalue weighted by atomic mass is 127. The van der Waals surface area contributed by atoms with E-state index in [-0.39, 0.29) is 0 Å². The first-order valence-corrected chi connectivity index (χ1v) is 4.68. The SMILES string of the molecule is O=[N+]([O-])c1cc(Br)c(I)cc1F. The average molecular weight is 346 g/mol. The van der Waals surface area contributed by atoms with E-state index in [9.17, 15) is 14.5 Å². The maximum absolute atomic E-state index is 12.8. The fourth-order valence-electron chi connectivity index (χ4n) is 0.652. The molecule has 1 rings (SSSR count). The number of halogens is 3. The largest absolute Gasteiger partial charge is 0.305 e. The fraction of sp³-hybridized carbons (Fsp3) is 0. The van der Waals surface area contributed by atoms with Crippen molar-refractivity contribution in [3.63, 3.8) is 0 Å². The van der Waals surface area contributed by atoms with Gasteiger partial charge < -0.3 is 0 Å². The maximum atomic E-state index is 12.8. The smallest absolute Gasteiger partial charge is 0.258 e. The molecule has 0 bridgehead atoms. The van der Waals surface area contributed by atoms with E-state index in [1.807, 2.05) is 22.6 Å². The molecule has 1 aromatic rings. The fourth-order valence-corrected chi connectivity index (χ4v) is 1.41. The van der Waals surface area contributed by atoms with Crippen LogP contribution in [-0.4, -0.2) is 4.92 Å². The Morgan fingerprint density at radius 1 is 1.58 bits per heavy atom. The molecule has 0 heterocycles. The molecule has 64 valence electrons. The van der Waals surface area contributed by atoms with Crippen LogP contribution in [0.4, 0.5) is 10.1 Å². The summed E-state index contributed by atoms with van der Waals surface area (Å²) in [5, 5.41) is 10.2. The van der Waals surface area contributed by atoms with Crippen LogP contribution >= 0.6 is 38.5 Å². The third kappa shape index (κ3) is 1.92. The van der Waals surface area contributed by atoms with Gasteiger partial charge in [-0.15, -0.1) is 0 Å². The molecule has 0 saturated carbocycles. The minimum absolute atomic E-state index is 0.512. The quantitative estimate of drug-likeness (QED) is 0.340. The molecule has 0 atom stereocenters. The molecule has 1 aromatic carbocycles. The molecule has 0 amide bonds. The van der Waals surface area contributed by atoms with E-state index >= 15 is 0 Å². The average Bonchev–Trinajstić information content (AvgIpc) is 1.96. The number of benzene rings is 1. The van der Waals surface area contributed by atoms with E-state index in [4.69, 9.17) is 0 Å². The third-order valence-electron chi connectivity index (χ3n) is 1.19. The first-order valence-electron chi connectivity index (χ1n) is 2.81. The van der Waals surface area contributed by atoms with Gasteiger partial charge in [0.1, 0.15) is 0 Å². The Hall–Kier alpha value is -0.240. The van der Waals surface area contributed by atoms with Crippen molar-refractivity contribution in [2.75, 3.05) is 0 Å². The zero-order valence-corrected chi connectivity index (χ0v) is 9.30. The summed E-state index contributed by atoms with van der Waals surface area (Å²) in [5.41, 5.74) is -0.512. The predicted molar refractivity (Wildman–Crippen MR) is 53.5 cm³/mol. The summed E-state index contributed by atoms with van der Waals surface area (Å²) in [7, 11) is 0. The Morgan fingerprint density at radius 3 is 2.67 bits per heavy atom. The molecule has 0 spiro atoms. The van der Waals surface area contributed by atoms with E-state index in [1.54, 1.807) is 0 Å². The van der Waals surface area contributed by atoms with Crippen LogP contribution in [0.5, 0.6) is 0 Å². The van der Waals surface area contributed by atoms with Gasteiger partial charge in [0.15, 0.2) is 0 Å². The van der Waals surface area contributed by atoms with Crippen LogP contribution in [0.3, 0.4) is 0 Å². The lowest BCUT2D eigenvalue weighted by Gasteiger charge is -1.97. The molecular weight excluding hydrogens is 344 g/mol. The molecule has 3 nitrogen and oxygen atoms in total. The van der Waals surface area contributed by atoms with Crippen molar-refractivity contribution in [1.82, 2.24) is 0 Å². The summed E-state index contributed by atoms with van der Waals surface area (Å²) in [6.45, 7) is 0. The number of nitro benzene ring substituents is 1. The molecule has 0 radical (unpaired) electrons. The molecule has 0 aliphatic rings. The number of hydrogen-bond acceptors (Lipinski definition) is 2. The van der Waals surface area contributed by atoms with Crippen molar-refractivity contribution < 1.29 is 9.31 Å². The normalized spacial score (nSPS) is 9.92. The van der Waals surface area contributed by atoms with Crippen LogP contribution < -0.4 is 0 Å². The highest BCUT2D eigenvalue weighted by Crippen LogP contribution is 2.27. The van der Waals surface area contributed by atoms with Crippen molar-refractivity contribution in [1.29, 1.82) is 0 Å². The maximum Gasteiger partial charge on any atom is 0.305 e. The second-order valence-electron chi connectivity index (χ2n) is 1.97. The van der Waals surface area contributed by atoms with E-state index in [1.165, 1.54) is 0 Å². The zero-order valence-electron chi connectivity index (χ0n) is 5.55. The van der Waals surface area contributed by atoms with Gasteiger partial charge in [-0.3, -0.25) is 10.1 Å². The highest BCUT2D eigenvalue weighted by molar-refractivity contribution is 14.1. The molecule has 12 heavy (non-hydrogen) atoms. The number of hydrogen-bond donors (Lipinski definition) is 0. The monoisotopic (exact) mass is 345 g/mol. The highest BCUT2D eigenvalue weighted by Gasteiger charge is 2.15. The number of rotatable bonds is 1. The van der Waals surface area contributed by atoms with Gasteiger partial charge in [0.25, 0.3) is 0 Å². The van der Waals surface area contributed by atoms with Crippen molar-refractivity contribution in [3.8, 4) is 0 Å². The molecule has 0 aliphatic carbocycles. The van der Waals surface area contributed by atoms with Crippen LogP contribution in [0.2, 0.25) is 0 Å². The topological polar surface area (TPSA) is 43.1 Å². The van der Waals surface area contributed by atoms with Crippen LogP contribution in [0.1, 0.15) is 0 Å². The van der Waals surface area contributed by atoms with Gasteiger partial charge in [0.05, 0.1) is 4.92 Å². The summed E-state index contributed by atoms with van der Waals surface area (Å²) in [5.74, 6) is -0.812. The summed E-state index contributed by atoms with van der Waals surface area (Å²) >= 11 is 4.95. The van der Waals surface area contributed by atoms with Gasteiger partial charge in [0, 0.05) is 14.1 Å². The van der Waals surface area contributed by atoms with Gasteiger partial charge in [-0.1, -0.05) is 0 Å². The van der Waals surface area contributed by atoms with Crippen molar-refractivity contribution >= 4 is 44.2 Å². The van der Waals surface area contributed by atoms with E-state index in [0.29, 0.717) is 8.04 Å². The molecule has 0 aliphatic heterocycles. The number of nitrogens with zero attached hydrogens (tertiary/aromatic N) is 1. The molecular formula is C6H2BrFINO2. The van der Waals surface area contributed by atoms with Gasteiger partial charge in [0.2, 0.25) is 5.82 Å². The number of nitro groups is 1. The molecule has 0 saturated heterocycles. The summed E-state index contributed by atoms with van der Waals surface area (Å²) in [6, 6.07) is 2.26. The first kappa shape index (κ1) is 9.85. The second-order valence-corrected chi connectivity index (χ2v) is 3.99. The van der Waals surface area contributed by atoms with Crippen molar-refractivity contribution in [2.45, 2.75) is 0 Å². The van der Waals surface area contributed by atoms with Gasteiger partial charge in [-0.2, -0.15) is 4.39 Å². The van der Waals surface area contributed by atoms with E-state index in [2.05, 4.69) is 15.9 Å². The Balaban J connectivity index is 3.33. The molecule has 0 unspecified atom stereocenters. The van der Waals surface area contributed by atoms with Crippen LogP contribution in [0, 0.1) is 19.5 Å². The minimum Gasteiger partial charge on any atom is -0.258 e. The Bertz CT molecular complexity index is 345. The van der Waals surface area contributed by atoms with Crippen molar-refractivity contribution in [2.24, 2.45) is 0 Å². The summed E-state index contributed by atoms with van der Waals surface area (Å²) in [6.07, 6.45) is 0. The van der Waals surface area contributed by atoms with Gasteiger partial charge >= 0.3 is 5.69 Å². The van der Waals surface area contributed by atoms with E-state index < -0.39 is 16.4 Å². The minimum atomic E-state index is -0.812.